The van der Waals surface area contributed by atoms with Gasteiger partial charge < -0.3 is 5.32 Å². The first-order valence-corrected chi connectivity index (χ1v) is 8.78. The third-order valence-corrected chi connectivity index (χ3v) is 4.80. The first-order valence-electron chi connectivity index (χ1n) is 7.90. The van der Waals surface area contributed by atoms with Gasteiger partial charge in [0.2, 0.25) is 5.91 Å². The maximum Gasteiger partial charge on any atom is 0.230 e. The number of hydrogen-bond acceptors (Lipinski definition) is 3. The number of nitrogens with one attached hydrogen (secondary N) is 1. The van der Waals surface area contributed by atoms with E-state index in [1.807, 2.05) is 37.4 Å². The fourth-order valence-corrected chi connectivity index (χ4v) is 3.27. The van der Waals surface area contributed by atoms with Crippen molar-refractivity contribution in [1.82, 2.24) is 4.98 Å². The zero-order valence-corrected chi connectivity index (χ0v) is 14.9. The molecule has 4 heteroatoms. The lowest BCUT2D eigenvalue weighted by Gasteiger charge is -2.08. The van der Waals surface area contributed by atoms with Crippen LogP contribution in [0.2, 0.25) is 0 Å². The molecule has 0 saturated carbocycles. The molecule has 3 nitrogen and oxygen atoms in total. The molecule has 0 aliphatic rings. The molecule has 1 N–H and O–H groups in total. The van der Waals surface area contributed by atoms with Gasteiger partial charge in [-0.1, -0.05) is 42.0 Å². The van der Waals surface area contributed by atoms with E-state index in [0.717, 1.165) is 33.1 Å². The number of aryl methyl sites for hydroxylation is 3. The highest BCUT2D eigenvalue weighted by Crippen LogP contribution is 2.24. The molecule has 0 spiro atoms. The maximum absolute atomic E-state index is 12.3. The average molecular weight is 336 g/mol. The standard InChI is InChI=1S/C20H20N2OS/c1-13-5-8-16(9-6-13)20-21-17(12-24-20)11-19(23)22-18-10-14(2)4-7-15(18)3/h4-10,12H,11H2,1-3H3,(H,22,23). The number of anilines is 1. The van der Waals surface area contributed by atoms with Crippen molar-refractivity contribution in [3.63, 3.8) is 0 Å². The summed E-state index contributed by atoms with van der Waals surface area (Å²) < 4.78 is 0. The van der Waals surface area contributed by atoms with E-state index in [2.05, 4.69) is 41.5 Å². The van der Waals surface area contributed by atoms with Crippen LogP contribution in [0.5, 0.6) is 0 Å². The van der Waals surface area contributed by atoms with Crippen LogP contribution in [0.15, 0.2) is 47.8 Å². The van der Waals surface area contributed by atoms with Crippen LogP contribution in [-0.4, -0.2) is 10.9 Å². The van der Waals surface area contributed by atoms with Gasteiger partial charge in [0.15, 0.2) is 0 Å². The molecule has 122 valence electrons. The highest BCUT2D eigenvalue weighted by Gasteiger charge is 2.10. The Hall–Kier alpha value is -2.46. The van der Waals surface area contributed by atoms with Crippen molar-refractivity contribution in [2.45, 2.75) is 27.2 Å². The third kappa shape index (κ3) is 3.89. The van der Waals surface area contributed by atoms with Gasteiger partial charge in [0.1, 0.15) is 5.01 Å². The molecule has 0 saturated heterocycles. The van der Waals surface area contributed by atoms with E-state index in [0.29, 0.717) is 0 Å². The normalized spacial score (nSPS) is 10.6. The minimum atomic E-state index is -0.0375. The summed E-state index contributed by atoms with van der Waals surface area (Å²) in [4.78, 5) is 16.9. The van der Waals surface area contributed by atoms with E-state index in [-0.39, 0.29) is 12.3 Å². The van der Waals surface area contributed by atoms with Gasteiger partial charge >= 0.3 is 0 Å². The summed E-state index contributed by atoms with van der Waals surface area (Å²) in [5, 5.41) is 5.89. The molecule has 0 fully saturated rings. The van der Waals surface area contributed by atoms with Gasteiger partial charge in [-0.15, -0.1) is 11.3 Å². The summed E-state index contributed by atoms with van der Waals surface area (Å²) in [5.74, 6) is -0.0375. The summed E-state index contributed by atoms with van der Waals surface area (Å²) in [6.45, 7) is 6.07. The Bertz CT molecular complexity index is 866. The fourth-order valence-electron chi connectivity index (χ4n) is 2.45. The van der Waals surface area contributed by atoms with Gasteiger partial charge in [-0.3, -0.25) is 4.79 Å². The predicted octanol–water partition coefficient (Wildman–Crippen LogP) is 4.92. The van der Waals surface area contributed by atoms with Gasteiger partial charge in [-0.2, -0.15) is 0 Å². The Morgan fingerprint density at radius 3 is 2.50 bits per heavy atom. The summed E-state index contributed by atoms with van der Waals surface area (Å²) in [6, 6.07) is 14.3. The molecule has 0 aliphatic heterocycles. The summed E-state index contributed by atoms with van der Waals surface area (Å²) >= 11 is 1.57. The maximum atomic E-state index is 12.3. The second kappa shape index (κ2) is 6.97. The molecule has 1 amide bonds. The van der Waals surface area contributed by atoms with Gasteiger partial charge in [-0.25, -0.2) is 4.98 Å². The van der Waals surface area contributed by atoms with Gasteiger partial charge in [-0.05, 0) is 38.0 Å². The molecule has 0 radical (unpaired) electrons. The van der Waals surface area contributed by atoms with Crippen LogP contribution in [0, 0.1) is 20.8 Å². The SMILES string of the molecule is Cc1ccc(-c2nc(CC(=O)Nc3cc(C)ccc3C)cs2)cc1. The lowest BCUT2D eigenvalue weighted by atomic mass is 10.1. The zero-order chi connectivity index (χ0) is 17.1. The van der Waals surface area contributed by atoms with Crippen molar-refractivity contribution < 1.29 is 4.79 Å². The molecule has 1 aromatic heterocycles. The first-order chi connectivity index (χ1) is 11.5. The van der Waals surface area contributed by atoms with Gasteiger partial charge in [0.05, 0.1) is 12.1 Å². The monoisotopic (exact) mass is 336 g/mol. The molecule has 3 aromatic rings. The Morgan fingerprint density at radius 2 is 1.75 bits per heavy atom. The second-order valence-corrected chi connectivity index (χ2v) is 6.91. The summed E-state index contributed by atoms with van der Waals surface area (Å²) in [6.07, 6.45) is 0.287. The van der Waals surface area contributed by atoms with Crippen LogP contribution in [0.25, 0.3) is 10.6 Å². The molecule has 0 aliphatic carbocycles. The molecule has 0 bridgehead atoms. The number of hydrogen-bond donors (Lipinski definition) is 1. The molecular formula is C20H20N2OS. The predicted molar refractivity (Wildman–Crippen MR) is 101 cm³/mol. The second-order valence-electron chi connectivity index (χ2n) is 6.05. The number of amides is 1. The summed E-state index contributed by atoms with van der Waals surface area (Å²) in [5.41, 5.74) is 6.18. The van der Waals surface area contributed by atoms with E-state index in [4.69, 9.17) is 0 Å². The van der Waals surface area contributed by atoms with Crippen LogP contribution in [-0.2, 0) is 11.2 Å². The number of benzene rings is 2. The molecule has 2 aromatic carbocycles. The van der Waals surface area contributed by atoms with Crippen LogP contribution in [0.3, 0.4) is 0 Å². The van der Waals surface area contributed by atoms with Crippen LogP contribution in [0.1, 0.15) is 22.4 Å². The number of nitrogens with zero attached hydrogens (tertiary/aromatic N) is 1. The quantitative estimate of drug-likeness (QED) is 0.735. The van der Waals surface area contributed by atoms with E-state index >= 15 is 0 Å². The van der Waals surface area contributed by atoms with E-state index in [1.54, 1.807) is 11.3 Å². The van der Waals surface area contributed by atoms with Crippen LogP contribution >= 0.6 is 11.3 Å². The number of thiazole rings is 1. The van der Waals surface area contributed by atoms with Crippen molar-refractivity contribution >= 4 is 22.9 Å². The number of carbonyl (C=O) groups is 1. The average Bonchev–Trinajstić information content (AvgIpc) is 3.00. The van der Waals surface area contributed by atoms with Crippen molar-refractivity contribution in [2.24, 2.45) is 0 Å². The molecule has 24 heavy (non-hydrogen) atoms. The van der Waals surface area contributed by atoms with Crippen molar-refractivity contribution in [1.29, 1.82) is 0 Å². The van der Waals surface area contributed by atoms with E-state index in [9.17, 15) is 4.79 Å². The van der Waals surface area contributed by atoms with Crippen LogP contribution < -0.4 is 5.32 Å². The third-order valence-electron chi connectivity index (χ3n) is 3.86. The highest BCUT2D eigenvalue weighted by molar-refractivity contribution is 7.13. The van der Waals surface area contributed by atoms with Crippen molar-refractivity contribution in [3.05, 3.63) is 70.2 Å². The van der Waals surface area contributed by atoms with Gasteiger partial charge in [0, 0.05) is 16.6 Å². The van der Waals surface area contributed by atoms with E-state index in [1.165, 1.54) is 5.56 Å². The number of rotatable bonds is 4. The van der Waals surface area contributed by atoms with Gasteiger partial charge in [0.25, 0.3) is 0 Å². The molecular weight excluding hydrogens is 316 g/mol. The summed E-state index contributed by atoms with van der Waals surface area (Å²) in [7, 11) is 0. The minimum absolute atomic E-state index is 0.0375. The first kappa shape index (κ1) is 16.4. The Balaban J connectivity index is 1.69. The molecule has 0 unspecified atom stereocenters. The topological polar surface area (TPSA) is 42.0 Å². The molecule has 3 rings (SSSR count). The lowest BCUT2D eigenvalue weighted by Crippen LogP contribution is -2.15. The number of aromatic nitrogens is 1. The largest absolute Gasteiger partial charge is 0.325 e. The fraction of sp³-hybridized carbons (Fsp3) is 0.200. The zero-order valence-electron chi connectivity index (χ0n) is 14.1. The van der Waals surface area contributed by atoms with Crippen LogP contribution in [0.4, 0.5) is 5.69 Å². The number of carbonyl (C=O) groups excluding carboxylic acids is 1. The molecule has 0 atom stereocenters. The molecule has 1 heterocycles. The van der Waals surface area contributed by atoms with Crippen molar-refractivity contribution in [3.8, 4) is 10.6 Å². The smallest absolute Gasteiger partial charge is 0.230 e. The van der Waals surface area contributed by atoms with Crippen molar-refractivity contribution in [2.75, 3.05) is 5.32 Å². The Kier molecular flexibility index (Phi) is 4.76. The van der Waals surface area contributed by atoms with E-state index < -0.39 is 0 Å². The minimum Gasteiger partial charge on any atom is -0.325 e. The Labute approximate surface area is 146 Å². The highest BCUT2D eigenvalue weighted by atomic mass is 32.1. The Morgan fingerprint density at radius 1 is 1.04 bits per heavy atom. The lowest BCUT2D eigenvalue weighted by molar-refractivity contribution is -0.115.